The van der Waals surface area contributed by atoms with Crippen molar-refractivity contribution < 1.29 is 9.53 Å². The monoisotopic (exact) mass is 331 g/mol. The van der Waals surface area contributed by atoms with Gasteiger partial charge in [0.15, 0.2) is 10.8 Å². The van der Waals surface area contributed by atoms with Gasteiger partial charge in [0.05, 0.1) is 12.7 Å². The number of thiophene rings is 2. The van der Waals surface area contributed by atoms with Crippen LogP contribution in [0.25, 0.3) is 16.3 Å². The average molecular weight is 331 g/mol. The second-order valence-corrected chi connectivity index (χ2v) is 6.67. The molecule has 3 rings (SSSR count). The van der Waals surface area contributed by atoms with Crippen LogP contribution in [0.3, 0.4) is 0 Å². The Kier molecular flexibility index (Phi) is 3.96. The number of methoxy groups -OCH3 is 1. The molecule has 112 valence electrons. The molecule has 0 bridgehead atoms. The molecule has 0 fully saturated rings. The molecule has 4 nitrogen and oxygen atoms in total. The van der Waals surface area contributed by atoms with Crippen molar-refractivity contribution in [3.8, 4) is 5.06 Å². The number of aromatic nitrogens is 1. The van der Waals surface area contributed by atoms with Gasteiger partial charge >= 0.3 is 0 Å². The minimum Gasteiger partial charge on any atom is -0.487 e. The fourth-order valence-corrected chi connectivity index (χ4v) is 3.81. The summed E-state index contributed by atoms with van der Waals surface area (Å²) in [5, 5.41) is 3.59. The van der Waals surface area contributed by atoms with E-state index < -0.39 is 0 Å². The molecule has 0 unspecified atom stereocenters. The van der Waals surface area contributed by atoms with Crippen LogP contribution in [0.2, 0.25) is 0 Å². The number of H-pyrrole nitrogens is 1. The van der Waals surface area contributed by atoms with E-state index in [0.717, 1.165) is 25.7 Å². The van der Waals surface area contributed by atoms with Gasteiger partial charge in [-0.05, 0) is 48.2 Å². The molecule has 1 N–H and O–H groups in total. The fourth-order valence-electron chi connectivity index (χ4n) is 2.24. The van der Waals surface area contributed by atoms with Gasteiger partial charge in [0, 0.05) is 10.3 Å². The highest BCUT2D eigenvalue weighted by atomic mass is 32.1. The first-order valence-electron chi connectivity index (χ1n) is 6.56. The molecule has 0 spiro atoms. The van der Waals surface area contributed by atoms with Gasteiger partial charge in [0.2, 0.25) is 0 Å². The summed E-state index contributed by atoms with van der Waals surface area (Å²) in [5.74, 6) is -0.292. The van der Waals surface area contributed by atoms with E-state index in [2.05, 4.69) is 4.98 Å². The van der Waals surface area contributed by atoms with E-state index in [1.54, 1.807) is 20.1 Å². The van der Waals surface area contributed by atoms with E-state index in [1.807, 2.05) is 23.6 Å². The van der Waals surface area contributed by atoms with Crippen molar-refractivity contribution in [1.82, 2.24) is 4.98 Å². The number of aryl methyl sites for hydroxylation is 1. The van der Waals surface area contributed by atoms with Crippen LogP contribution in [0.1, 0.15) is 20.8 Å². The second kappa shape index (κ2) is 5.90. The third kappa shape index (κ3) is 2.63. The van der Waals surface area contributed by atoms with Gasteiger partial charge in [0.1, 0.15) is 4.83 Å². The molecular weight excluding hydrogens is 318 g/mol. The molecule has 22 heavy (non-hydrogen) atoms. The van der Waals surface area contributed by atoms with Crippen molar-refractivity contribution in [1.29, 1.82) is 0 Å². The van der Waals surface area contributed by atoms with Crippen LogP contribution in [-0.2, 0) is 0 Å². The highest BCUT2D eigenvalue weighted by molar-refractivity contribution is 7.16. The summed E-state index contributed by atoms with van der Waals surface area (Å²) in [4.78, 5) is 29.0. The molecule has 0 saturated heterocycles. The fraction of sp³-hybridized carbons (Fsp3) is 0.125. The molecule has 0 aliphatic heterocycles. The number of aromatic amines is 1. The van der Waals surface area contributed by atoms with Gasteiger partial charge in [-0.3, -0.25) is 9.59 Å². The maximum atomic E-state index is 12.4. The van der Waals surface area contributed by atoms with E-state index in [0.29, 0.717) is 0 Å². The Bertz CT molecular complexity index is 930. The van der Waals surface area contributed by atoms with Crippen molar-refractivity contribution in [2.45, 2.75) is 6.92 Å². The zero-order chi connectivity index (χ0) is 15.7. The molecule has 0 aliphatic carbocycles. The molecular formula is C16H13NO3S2. The Hall–Kier alpha value is -2.18. The molecule has 3 aromatic rings. The number of hydrogen-bond donors (Lipinski definition) is 1. The smallest absolute Gasteiger partial charge is 0.260 e. The van der Waals surface area contributed by atoms with Crippen LogP contribution in [0.5, 0.6) is 5.06 Å². The predicted octanol–water partition coefficient (Wildman–Crippen LogP) is 3.86. The van der Waals surface area contributed by atoms with Crippen LogP contribution in [0.4, 0.5) is 0 Å². The predicted molar refractivity (Wildman–Crippen MR) is 91.4 cm³/mol. The molecule has 0 atom stereocenters. The first-order chi connectivity index (χ1) is 10.6. The van der Waals surface area contributed by atoms with Gasteiger partial charge in [0.25, 0.3) is 5.56 Å². The van der Waals surface area contributed by atoms with Gasteiger partial charge in [-0.2, -0.15) is 0 Å². The van der Waals surface area contributed by atoms with E-state index in [9.17, 15) is 9.59 Å². The van der Waals surface area contributed by atoms with Crippen molar-refractivity contribution in [3.63, 3.8) is 0 Å². The highest BCUT2D eigenvalue weighted by Crippen LogP contribution is 2.25. The molecule has 6 heteroatoms. The molecule has 3 aromatic heterocycles. The third-order valence-electron chi connectivity index (χ3n) is 3.35. The first-order valence-corrected chi connectivity index (χ1v) is 8.26. The SMILES string of the molecule is COc1ccc(/C=C/C(=O)c2c(C)c3ccsc3[nH]c2=O)s1. The van der Waals surface area contributed by atoms with Crippen LogP contribution in [0.15, 0.2) is 34.4 Å². The zero-order valence-corrected chi connectivity index (χ0v) is 13.6. The van der Waals surface area contributed by atoms with Crippen LogP contribution >= 0.6 is 22.7 Å². The lowest BCUT2D eigenvalue weighted by molar-refractivity contribution is 0.104. The number of carbonyl (C=O) groups is 1. The number of carbonyl (C=O) groups excluding carboxylic acids is 1. The topological polar surface area (TPSA) is 59.2 Å². The summed E-state index contributed by atoms with van der Waals surface area (Å²) in [5.41, 5.74) is 0.579. The van der Waals surface area contributed by atoms with Crippen LogP contribution < -0.4 is 10.3 Å². The van der Waals surface area contributed by atoms with Crippen LogP contribution in [-0.4, -0.2) is 17.9 Å². The summed E-state index contributed by atoms with van der Waals surface area (Å²) < 4.78 is 5.11. The number of pyridine rings is 1. The Morgan fingerprint density at radius 2 is 2.14 bits per heavy atom. The number of hydrogen-bond acceptors (Lipinski definition) is 5. The zero-order valence-electron chi connectivity index (χ0n) is 12.0. The largest absolute Gasteiger partial charge is 0.487 e. The molecule has 0 saturated carbocycles. The van der Waals surface area contributed by atoms with Gasteiger partial charge in [-0.25, -0.2) is 0 Å². The Morgan fingerprint density at radius 1 is 1.32 bits per heavy atom. The lowest BCUT2D eigenvalue weighted by atomic mass is 10.0. The quantitative estimate of drug-likeness (QED) is 0.583. The number of ketones is 1. The van der Waals surface area contributed by atoms with Crippen molar-refractivity contribution >= 4 is 44.7 Å². The third-order valence-corrected chi connectivity index (χ3v) is 5.19. The van der Waals surface area contributed by atoms with E-state index in [4.69, 9.17) is 4.74 Å². The number of rotatable bonds is 4. The Morgan fingerprint density at radius 3 is 2.86 bits per heavy atom. The number of ether oxygens (including phenoxy) is 1. The molecule has 0 aromatic carbocycles. The maximum Gasteiger partial charge on any atom is 0.260 e. The second-order valence-electron chi connectivity index (χ2n) is 4.68. The molecule has 0 aliphatic rings. The average Bonchev–Trinajstić information content (AvgIpc) is 3.13. The summed E-state index contributed by atoms with van der Waals surface area (Å²) in [7, 11) is 1.60. The van der Waals surface area contributed by atoms with E-state index in [1.165, 1.54) is 28.7 Å². The maximum absolute atomic E-state index is 12.4. The summed E-state index contributed by atoms with van der Waals surface area (Å²) in [6.45, 7) is 1.81. The summed E-state index contributed by atoms with van der Waals surface area (Å²) in [6, 6.07) is 5.62. The summed E-state index contributed by atoms with van der Waals surface area (Å²) in [6.07, 6.45) is 3.13. The van der Waals surface area contributed by atoms with Crippen LogP contribution in [0, 0.1) is 6.92 Å². The Labute approximate surface area is 134 Å². The highest BCUT2D eigenvalue weighted by Gasteiger charge is 2.15. The molecule has 0 radical (unpaired) electrons. The van der Waals surface area contributed by atoms with Gasteiger partial charge < -0.3 is 9.72 Å². The first kappa shape index (κ1) is 14.7. The van der Waals surface area contributed by atoms with Crippen molar-refractivity contribution in [2.75, 3.05) is 7.11 Å². The minimum absolute atomic E-state index is 0.200. The number of allylic oxidation sites excluding steroid dienone is 1. The van der Waals surface area contributed by atoms with E-state index in [-0.39, 0.29) is 16.9 Å². The van der Waals surface area contributed by atoms with Crippen molar-refractivity contribution in [3.05, 3.63) is 56.0 Å². The van der Waals surface area contributed by atoms with Crippen molar-refractivity contribution in [2.24, 2.45) is 0 Å². The lowest BCUT2D eigenvalue weighted by Crippen LogP contribution is -2.18. The lowest BCUT2D eigenvalue weighted by Gasteiger charge is -2.02. The number of nitrogens with one attached hydrogen (secondary N) is 1. The van der Waals surface area contributed by atoms with E-state index >= 15 is 0 Å². The van der Waals surface area contributed by atoms with Gasteiger partial charge in [-0.1, -0.05) is 11.3 Å². The minimum atomic E-state index is -0.342. The molecule has 0 amide bonds. The summed E-state index contributed by atoms with van der Waals surface area (Å²) >= 11 is 2.89. The standard InChI is InChI=1S/C16H13NO3S2/c1-9-11-7-8-21-16(11)17-15(19)14(9)12(18)5-3-10-4-6-13(20-2)22-10/h3-8H,1-2H3,(H,17,19)/b5-3+. The number of fused-ring (bicyclic) bond motifs is 1. The normalized spacial score (nSPS) is 11.4. The molecule has 3 heterocycles. The van der Waals surface area contributed by atoms with Gasteiger partial charge in [-0.15, -0.1) is 11.3 Å². The Balaban J connectivity index is 1.96.